The SMILES string of the molecule is CC1CC(N(C(=O)COc2ccc3ccccc3c2)c2ccccc2)c2ccccc2N1C(=O)CN1C(=O)c2ccccc2C1=O. The maximum Gasteiger partial charge on any atom is 0.265 e. The number of hydrogen-bond donors (Lipinski definition) is 0. The number of hydrogen-bond acceptors (Lipinski definition) is 5. The van der Waals surface area contributed by atoms with Crippen LogP contribution < -0.4 is 14.5 Å². The lowest BCUT2D eigenvalue weighted by Crippen LogP contribution is -2.51. The van der Waals surface area contributed by atoms with Gasteiger partial charge < -0.3 is 14.5 Å². The van der Waals surface area contributed by atoms with Crippen molar-refractivity contribution < 1.29 is 23.9 Å². The Morgan fingerprint density at radius 1 is 0.761 bits per heavy atom. The molecule has 0 aromatic heterocycles. The van der Waals surface area contributed by atoms with Crippen LogP contribution in [0.15, 0.2) is 121 Å². The minimum atomic E-state index is -0.475. The summed E-state index contributed by atoms with van der Waals surface area (Å²) in [5, 5.41) is 2.11. The third kappa shape index (κ3) is 5.17. The number of benzene rings is 5. The number of imide groups is 1. The molecular formula is C38H31N3O5. The summed E-state index contributed by atoms with van der Waals surface area (Å²) < 4.78 is 6.04. The van der Waals surface area contributed by atoms with Gasteiger partial charge in [0.05, 0.1) is 17.2 Å². The van der Waals surface area contributed by atoms with E-state index in [2.05, 4.69) is 0 Å². The van der Waals surface area contributed by atoms with E-state index in [0.717, 1.165) is 21.2 Å². The van der Waals surface area contributed by atoms with Gasteiger partial charge in [-0.1, -0.05) is 78.9 Å². The maximum absolute atomic E-state index is 14.1. The normalized spacial score (nSPS) is 17.1. The van der Waals surface area contributed by atoms with E-state index in [1.165, 1.54) is 0 Å². The molecule has 8 heteroatoms. The smallest absolute Gasteiger partial charge is 0.265 e. The average Bonchev–Trinajstić information content (AvgIpc) is 3.32. The van der Waals surface area contributed by atoms with E-state index in [-0.39, 0.29) is 31.0 Å². The molecule has 228 valence electrons. The standard InChI is InChI=1S/C38H31N3O5/c1-25-21-34(41(28-13-3-2-4-14-28)36(43)24-46-29-20-19-26-11-5-6-12-27(26)22-29)32-17-9-10-18-33(32)40(25)35(42)23-39-37(44)30-15-7-8-16-31(30)38(39)45/h2-20,22,25,34H,21,23-24H2,1H3. The van der Waals surface area contributed by atoms with Gasteiger partial charge in [0.15, 0.2) is 6.61 Å². The molecule has 46 heavy (non-hydrogen) atoms. The van der Waals surface area contributed by atoms with Crippen molar-refractivity contribution >= 4 is 45.8 Å². The molecule has 7 rings (SSSR count). The van der Waals surface area contributed by atoms with Crippen LogP contribution in [0.25, 0.3) is 10.8 Å². The first-order valence-electron chi connectivity index (χ1n) is 15.3. The second-order valence-corrected chi connectivity index (χ2v) is 11.6. The van der Waals surface area contributed by atoms with Gasteiger partial charge in [-0.25, -0.2) is 0 Å². The summed E-state index contributed by atoms with van der Waals surface area (Å²) in [5.74, 6) is -0.946. The predicted octanol–water partition coefficient (Wildman–Crippen LogP) is 6.41. The van der Waals surface area contributed by atoms with Gasteiger partial charge in [-0.3, -0.25) is 24.1 Å². The number of para-hydroxylation sites is 2. The van der Waals surface area contributed by atoms with Gasteiger partial charge in [0.2, 0.25) is 5.91 Å². The lowest BCUT2D eigenvalue weighted by molar-refractivity contribution is -0.121. The highest BCUT2D eigenvalue weighted by molar-refractivity contribution is 6.22. The van der Waals surface area contributed by atoms with Crippen LogP contribution in [0.1, 0.15) is 45.7 Å². The maximum atomic E-state index is 14.1. The van der Waals surface area contributed by atoms with Crippen LogP contribution in [0.5, 0.6) is 5.75 Å². The van der Waals surface area contributed by atoms with Gasteiger partial charge in [0.25, 0.3) is 17.7 Å². The number of anilines is 2. The van der Waals surface area contributed by atoms with Crippen LogP contribution in [-0.4, -0.2) is 47.7 Å². The van der Waals surface area contributed by atoms with Crippen LogP contribution in [0.3, 0.4) is 0 Å². The predicted molar refractivity (Wildman–Crippen MR) is 176 cm³/mol. The first-order chi connectivity index (χ1) is 22.4. The topological polar surface area (TPSA) is 87.2 Å². The summed E-state index contributed by atoms with van der Waals surface area (Å²) in [6.07, 6.45) is 0.432. The number of carbonyl (C=O) groups is 4. The van der Waals surface area contributed by atoms with Gasteiger partial charge in [-0.2, -0.15) is 0 Å². The van der Waals surface area contributed by atoms with Crippen molar-refractivity contribution in [3.8, 4) is 5.75 Å². The molecule has 5 aromatic carbocycles. The molecule has 2 atom stereocenters. The molecule has 2 heterocycles. The van der Waals surface area contributed by atoms with Gasteiger partial charge in [0.1, 0.15) is 12.3 Å². The largest absolute Gasteiger partial charge is 0.484 e. The number of rotatable bonds is 7. The molecule has 0 bridgehead atoms. The van der Waals surface area contributed by atoms with Crippen molar-refractivity contribution in [3.63, 3.8) is 0 Å². The summed E-state index contributed by atoms with van der Waals surface area (Å²) in [7, 11) is 0. The molecule has 4 amide bonds. The van der Waals surface area contributed by atoms with Crippen LogP contribution in [0.2, 0.25) is 0 Å². The van der Waals surface area contributed by atoms with Crippen molar-refractivity contribution in [3.05, 3.63) is 138 Å². The fraction of sp³-hybridized carbons (Fsp3) is 0.158. The first kappa shape index (κ1) is 29.0. The van der Waals surface area contributed by atoms with Gasteiger partial charge in [-0.05, 0) is 72.1 Å². The Bertz CT molecular complexity index is 1960. The number of amides is 4. The number of ether oxygens (including phenoxy) is 1. The Kier molecular flexibility index (Phi) is 7.54. The minimum absolute atomic E-state index is 0.178. The molecule has 0 saturated carbocycles. The Morgan fingerprint density at radius 2 is 1.39 bits per heavy atom. The lowest BCUT2D eigenvalue weighted by atomic mass is 9.89. The highest BCUT2D eigenvalue weighted by atomic mass is 16.5. The van der Waals surface area contributed by atoms with E-state index in [1.54, 1.807) is 34.1 Å². The Balaban J connectivity index is 1.17. The first-order valence-corrected chi connectivity index (χ1v) is 15.3. The molecule has 8 nitrogen and oxygen atoms in total. The van der Waals surface area contributed by atoms with Crippen LogP contribution in [0.4, 0.5) is 11.4 Å². The van der Waals surface area contributed by atoms with Gasteiger partial charge >= 0.3 is 0 Å². The average molecular weight is 610 g/mol. The second-order valence-electron chi connectivity index (χ2n) is 11.6. The Morgan fingerprint density at radius 3 is 2.13 bits per heavy atom. The fourth-order valence-corrected chi connectivity index (χ4v) is 6.56. The number of fused-ring (bicyclic) bond motifs is 3. The highest BCUT2D eigenvalue weighted by Gasteiger charge is 2.42. The van der Waals surface area contributed by atoms with Crippen molar-refractivity contribution in [2.45, 2.75) is 25.4 Å². The molecule has 0 N–H and O–H groups in total. The van der Waals surface area contributed by atoms with E-state index in [1.807, 2.05) is 104 Å². The lowest BCUT2D eigenvalue weighted by Gasteiger charge is -2.43. The molecule has 2 aliphatic rings. The van der Waals surface area contributed by atoms with E-state index in [0.29, 0.717) is 34.7 Å². The third-order valence-corrected chi connectivity index (χ3v) is 8.70. The summed E-state index contributed by atoms with van der Waals surface area (Å²) in [6.45, 7) is 1.36. The molecular weight excluding hydrogens is 578 g/mol. The van der Waals surface area contributed by atoms with Crippen LogP contribution in [0, 0.1) is 0 Å². The van der Waals surface area contributed by atoms with Gasteiger partial charge in [-0.15, -0.1) is 0 Å². The highest BCUT2D eigenvalue weighted by Crippen LogP contribution is 2.42. The van der Waals surface area contributed by atoms with Crippen molar-refractivity contribution in [1.29, 1.82) is 0 Å². The summed E-state index contributed by atoms with van der Waals surface area (Å²) in [4.78, 5) is 58.4. The second kappa shape index (κ2) is 12.0. The molecule has 0 spiro atoms. The van der Waals surface area contributed by atoms with Crippen LogP contribution >= 0.6 is 0 Å². The summed E-state index contributed by atoms with van der Waals surface area (Å²) in [5.41, 5.74) is 2.74. The number of nitrogens with zero attached hydrogens (tertiary/aromatic N) is 3. The van der Waals surface area contributed by atoms with Crippen molar-refractivity contribution in [2.24, 2.45) is 0 Å². The minimum Gasteiger partial charge on any atom is -0.484 e. The van der Waals surface area contributed by atoms with E-state index in [4.69, 9.17) is 4.74 Å². The zero-order valence-electron chi connectivity index (χ0n) is 25.2. The molecule has 0 saturated heterocycles. The number of carbonyl (C=O) groups excluding carboxylic acids is 4. The zero-order chi connectivity index (χ0) is 31.8. The summed E-state index contributed by atoms with van der Waals surface area (Å²) in [6, 6.07) is 36.5. The van der Waals surface area contributed by atoms with Crippen LogP contribution in [-0.2, 0) is 9.59 Å². The quantitative estimate of drug-likeness (QED) is 0.199. The Hall–Kier alpha value is -5.76. The van der Waals surface area contributed by atoms with E-state index < -0.39 is 17.9 Å². The van der Waals surface area contributed by atoms with Crippen molar-refractivity contribution in [2.75, 3.05) is 23.0 Å². The molecule has 0 fully saturated rings. The summed E-state index contributed by atoms with van der Waals surface area (Å²) >= 11 is 0. The molecule has 5 aromatic rings. The van der Waals surface area contributed by atoms with Gasteiger partial charge in [0, 0.05) is 17.4 Å². The fourth-order valence-electron chi connectivity index (χ4n) is 6.56. The molecule has 0 aliphatic carbocycles. The molecule has 0 radical (unpaired) electrons. The zero-order valence-corrected chi connectivity index (χ0v) is 25.2. The third-order valence-electron chi connectivity index (χ3n) is 8.70. The Labute approximate surface area is 266 Å². The van der Waals surface area contributed by atoms with Crippen molar-refractivity contribution in [1.82, 2.24) is 4.90 Å². The monoisotopic (exact) mass is 609 g/mol. The molecule has 2 aliphatic heterocycles. The molecule has 2 unspecified atom stereocenters. The van der Waals surface area contributed by atoms with E-state index >= 15 is 0 Å². The van der Waals surface area contributed by atoms with E-state index in [9.17, 15) is 19.2 Å².